The van der Waals surface area contributed by atoms with Crippen LogP contribution >= 0.6 is 0 Å². The minimum Gasteiger partial charge on any atom is -0.396 e. The smallest absolute Gasteiger partial charge is 0.273 e. The Labute approximate surface area is 160 Å². The number of piperidine rings is 1. The van der Waals surface area contributed by atoms with E-state index in [-0.39, 0.29) is 17.9 Å². The Morgan fingerprint density at radius 1 is 1.30 bits per heavy atom. The summed E-state index contributed by atoms with van der Waals surface area (Å²) in [6, 6.07) is 8.35. The second-order valence-corrected chi connectivity index (χ2v) is 7.75. The van der Waals surface area contributed by atoms with Gasteiger partial charge in [-0.3, -0.25) is 9.78 Å². The zero-order chi connectivity index (χ0) is 19.4. The number of aliphatic hydroxyl groups is 1. The first-order valence-corrected chi connectivity index (χ1v) is 9.38. The molecule has 2 aromatic rings. The van der Waals surface area contributed by atoms with E-state index in [2.05, 4.69) is 40.0 Å². The molecule has 6 nitrogen and oxygen atoms in total. The van der Waals surface area contributed by atoms with Crippen molar-refractivity contribution in [2.24, 2.45) is 5.41 Å². The average Bonchev–Trinajstić information content (AvgIpc) is 2.69. The number of anilines is 1. The lowest BCUT2D eigenvalue weighted by Gasteiger charge is -2.42. The molecule has 0 radical (unpaired) electrons. The van der Waals surface area contributed by atoms with Crippen LogP contribution in [0.4, 0.5) is 5.82 Å². The molecule has 1 aliphatic rings. The van der Waals surface area contributed by atoms with Gasteiger partial charge in [0, 0.05) is 32.6 Å². The fourth-order valence-corrected chi connectivity index (χ4v) is 3.79. The number of aliphatic hydroxyl groups excluding tert-OH is 1. The fourth-order valence-electron chi connectivity index (χ4n) is 3.79. The predicted molar refractivity (Wildman–Crippen MR) is 106 cm³/mol. The third kappa shape index (κ3) is 4.27. The highest BCUT2D eigenvalue weighted by atomic mass is 16.3. The van der Waals surface area contributed by atoms with Crippen LogP contribution < -0.4 is 4.90 Å². The molecule has 27 heavy (non-hydrogen) atoms. The highest BCUT2D eigenvalue weighted by molar-refractivity contribution is 5.91. The number of amides is 1. The molecular weight excluding hydrogens is 340 g/mol. The minimum absolute atomic E-state index is 0.127. The molecule has 144 valence electrons. The highest BCUT2D eigenvalue weighted by Gasteiger charge is 2.36. The summed E-state index contributed by atoms with van der Waals surface area (Å²) in [5.74, 6) is 0.541. The molecule has 1 aliphatic heterocycles. The zero-order valence-electron chi connectivity index (χ0n) is 16.4. The molecule has 1 fully saturated rings. The van der Waals surface area contributed by atoms with Crippen molar-refractivity contribution < 1.29 is 9.90 Å². The normalized spacial score (nSPS) is 19.8. The van der Waals surface area contributed by atoms with Gasteiger partial charge in [-0.15, -0.1) is 0 Å². The number of carbonyl (C=O) groups excluding carboxylic acids is 1. The van der Waals surface area contributed by atoms with Gasteiger partial charge in [-0.2, -0.15) is 0 Å². The number of nitrogens with zero attached hydrogens (tertiary/aromatic N) is 4. The maximum absolute atomic E-state index is 12.2. The van der Waals surface area contributed by atoms with Crippen LogP contribution in [-0.4, -0.2) is 59.7 Å². The third-order valence-electron chi connectivity index (χ3n) is 5.39. The lowest BCUT2D eigenvalue weighted by Crippen LogP contribution is -2.47. The first-order chi connectivity index (χ1) is 12.9. The van der Waals surface area contributed by atoms with Crippen molar-refractivity contribution in [1.82, 2.24) is 14.9 Å². The van der Waals surface area contributed by atoms with Gasteiger partial charge in [-0.1, -0.05) is 24.3 Å². The first-order valence-electron chi connectivity index (χ1n) is 9.38. The minimum atomic E-state index is -0.215. The van der Waals surface area contributed by atoms with E-state index in [1.54, 1.807) is 20.3 Å². The van der Waals surface area contributed by atoms with Crippen LogP contribution in [0.25, 0.3) is 0 Å². The Bertz CT molecular complexity index is 808. The highest BCUT2D eigenvalue weighted by Crippen LogP contribution is 2.35. The summed E-state index contributed by atoms with van der Waals surface area (Å²) >= 11 is 0. The molecule has 0 unspecified atom stereocenters. The fraction of sp³-hybridized carbons (Fsp3) is 0.476. The molecule has 3 rings (SSSR count). The Morgan fingerprint density at radius 3 is 2.78 bits per heavy atom. The summed E-state index contributed by atoms with van der Waals surface area (Å²) in [7, 11) is 3.41. The summed E-state index contributed by atoms with van der Waals surface area (Å²) in [4.78, 5) is 24.6. The SMILES string of the molecule is Cc1ccccc1C[C@]1(CO)CCCN(c2cncc(C(=O)N(C)C)n2)C1. The van der Waals surface area contributed by atoms with Crippen molar-refractivity contribution in [3.8, 4) is 0 Å². The van der Waals surface area contributed by atoms with Gasteiger partial charge in [0.15, 0.2) is 0 Å². The van der Waals surface area contributed by atoms with Gasteiger partial charge >= 0.3 is 0 Å². The molecule has 6 heteroatoms. The number of carbonyl (C=O) groups is 1. The second-order valence-electron chi connectivity index (χ2n) is 7.75. The summed E-state index contributed by atoms with van der Waals surface area (Å²) in [6.07, 6.45) is 5.98. The third-order valence-corrected chi connectivity index (χ3v) is 5.39. The lowest BCUT2D eigenvalue weighted by molar-refractivity contribution is 0.0821. The summed E-state index contributed by atoms with van der Waals surface area (Å²) < 4.78 is 0. The predicted octanol–water partition coefficient (Wildman–Crippen LogP) is 2.31. The Kier molecular flexibility index (Phi) is 5.75. The number of aromatic nitrogens is 2. The van der Waals surface area contributed by atoms with E-state index in [0.717, 1.165) is 25.8 Å². The average molecular weight is 368 g/mol. The second kappa shape index (κ2) is 8.05. The first kappa shape index (κ1) is 19.3. The summed E-state index contributed by atoms with van der Waals surface area (Å²) in [5.41, 5.74) is 2.65. The number of aryl methyl sites for hydroxylation is 1. The molecule has 1 amide bonds. The number of rotatable bonds is 5. The van der Waals surface area contributed by atoms with Crippen LogP contribution in [0.15, 0.2) is 36.7 Å². The van der Waals surface area contributed by atoms with Gasteiger partial charge in [-0.05, 0) is 37.3 Å². The van der Waals surface area contributed by atoms with Gasteiger partial charge in [0.25, 0.3) is 5.91 Å². The van der Waals surface area contributed by atoms with E-state index in [9.17, 15) is 9.90 Å². The summed E-state index contributed by atoms with van der Waals surface area (Å²) in [6.45, 7) is 3.79. The number of hydrogen-bond acceptors (Lipinski definition) is 5. The Hall–Kier alpha value is -2.47. The van der Waals surface area contributed by atoms with Gasteiger partial charge < -0.3 is 14.9 Å². The molecular formula is C21H28N4O2. The molecule has 0 aliphatic carbocycles. The molecule has 1 N–H and O–H groups in total. The van der Waals surface area contributed by atoms with E-state index in [4.69, 9.17) is 0 Å². The van der Waals surface area contributed by atoms with E-state index < -0.39 is 0 Å². The van der Waals surface area contributed by atoms with Gasteiger partial charge in [0.05, 0.1) is 19.0 Å². The van der Waals surface area contributed by atoms with Gasteiger partial charge in [-0.25, -0.2) is 4.98 Å². The zero-order valence-corrected chi connectivity index (χ0v) is 16.4. The largest absolute Gasteiger partial charge is 0.396 e. The van der Waals surface area contributed by atoms with Crippen molar-refractivity contribution >= 4 is 11.7 Å². The molecule has 1 aromatic carbocycles. The van der Waals surface area contributed by atoms with Crippen molar-refractivity contribution in [2.75, 3.05) is 38.7 Å². The molecule has 0 saturated carbocycles. The van der Waals surface area contributed by atoms with E-state index in [0.29, 0.717) is 18.1 Å². The van der Waals surface area contributed by atoms with Crippen LogP contribution in [-0.2, 0) is 6.42 Å². The molecule has 1 saturated heterocycles. The van der Waals surface area contributed by atoms with Crippen LogP contribution in [0.5, 0.6) is 0 Å². The summed E-state index contributed by atoms with van der Waals surface area (Å²) in [5, 5.41) is 10.3. The van der Waals surface area contributed by atoms with Crippen LogP contribution in [0.1, 0.15) is 34.5 Å². The van der Waals surface area contributed by atoms with Crippen LogP contribution in [0, 0.1) is 12.3 Å². The molecule has 2 heterocycles. The lowest BCUT2D eigenvalue weighted by atomic mass is 9.75. The monoisotopic (exact) mass is 368 g/mol. The molecule has 1 aromatic heterocycles. The topological polar surface area (TPSA) is 69.6 Å². The molecule has 1 atom stereocenters. The molecule has 0 bridgehead atoms. The maximum Gasteiger partial charge on any atom is 0.273 e. The van der Waals surface area contributed by atoms with E-state index in [1.807, 2.05) is 6.07 Å². The number of benzene rings is 1. The van der Waals surface area contributed by atoms with Crippen molar-refractivity contribution in [3.05, 3.63) is 53.5 Å². The maximum atomic E-state index is 12.2. The van der Waals surface area contributed by atoms with Gasteiger partial charge in [0.1, 0.15) is 11.5 Å². The standard InChI is InChI=1S/C21H28N4O2/c1-16-7-4-5-8-17(16)11-21(15-26)9-6-10-25(14-21)19-13-22-12-18(23-19)20(27)24(2)3/h4-5,7-8,12-13,26H,6,9-11,14-15H2,1-3H3/t21-/m1/s1. The van der Waals surface area contributed by atoms with Crippen molar-refractivity contribution in [2.45, 2.75) is 26.2 Å². The number of hydrogen-bond donors (Lipinski definition) is 1. The van der Waals surface area contributed by atoms with E-state index >= 15 is 0 Å². The van der Waals surface area contributed by atoms with Crippen LogP contribution in [0.2, 0.25) is 0 Å². The van der Waals surface area contributed by atoms with Crippen molar-refractivity contribution in [3.63, 3.8) is 0 Å². The van der Waals surface area contributed by atoms with E-state index in [1.165, 1.54) is 22.2 Å². The quantitative estimate of drug-likeness (QED) is 0.877. The molecule has 0 spiro atoms. The Balaban J connectivity index is 1.83. The van der Waals surface area contributed by atoms with Crippen molar-refractivity contribution in [1.29, 1.82) is 0 Å². The van der Waals surface area contributed by atoms with Crippen LogP contribution in [0.3, 0.4) is 0 Å². The Morgan fingerprint density at radius 2 is 2.07 bits per heavy atom. The van der Waals surface area contributed by atoms with Gasteiger partial charge in [0.2, 0.25) is 0 Å².